The molecule has 0 saturated carbocycles. The van der Waals surface area contributed by atoms with E-state index in [1.807, 2.05) is 18.2 Å². The molecule has 2 N–H and O–H groups in total. The van der Waals surface area contributed by atoms with E-state index in [4.69, 9.17) is 9.47 Å². The number of carboxylic acid groups (broad SMARTS) is 1. The number of amides is 4. The molecule has 206 valence electrons. The molecule has 3 fully saturated rings. The molecule has 4 aliphatic heterocycles. The number of benzene rings is 1. The van der Waals surface area contributed by atoms with E-state index in [0.29, 0.717) is 51.5 Å². The van der Waals surface area contributed by atoms with E-state index >= 15 is 0 Å². The number of aryl methyl sites for hydroxylation is 1. The van der Waals surface area contributed by atoms with Gasteiger partial charge in [0.1, 0.15) is 13.2 Å². The summed E-state index contributed by atoms with van der Waals surface area (Å²) in [6, 6.07) is 4.18. The van der Waals surface area contributed by atoms with E-state index in [2.05, 4.69) is 5.32 Å². The van der Waals surface area contributed by atoms with Crippen molar-refractivity contribution in [2.24, 2.45) is 11.8 Å². The van der Waals surface area contributed by atoms with Gasteiger partial charge in [-0.2, -0.15) is 0 Å². The Hall–Kier alpha value is -3.34. The number of nitrogens with one attached hydrogen (secondary N) is 1. The van der Waals surface area contributed by atoms with Crippen LogP contribution in [-0.2, 0) is 20.8 Å². The number of carbonyl (C=O) groups excluding carboxylic acids is 3. The second-order valence-corrected chi connectivity index (χ2v) is 10.5. The quantitative estimate of drug-likeness (QED) is 0.508. The minimum atomic E-state index is -1.14. The number of rotatable bonds is 7. The Morgan fingerprint density at radius 3 is 2.37 bits per heavy atom. The standard InChI is InChI=1S/C27H36N4O7/c32-23(3-1-2-18-4-5-21-22(17-18)38-15-14-37-21)29-10-12-30(13-11-29)27(36)31-24(26(34)35)20(25(31)33)16-19-6-8-28-9-7-19/h4-5,17,19-20,24,28H,1-3,6-16H2,(H,34,35)/t20-,24+/m1/s1. The smallest absolute Gasteiger partial charge is 0.327 e. The van der Waals surface area contributed by atoms with Gasteiger partial charge in [0.2, 0.25) is 11.8 Å². The predicted octanol–water partition coefficient (Wildman–Crippen LogP) is 1.35. The summed E-state index contributed by atoms with van der Waals surface area (Å²) in [5.41, 5.74) is 1.09. The number of hydrogen-bond donors (Lipinski definition) is 2. The Morgan fingerprint density at radius 2 is 1.66 bits per heavy atom. The van der Waals surface area contributed by atoms with Crippen LogP contribution in [0.1, 0.15) is 37.7 Å². The number of carbonyl (C=O) groups is 4. The molecule has 3 saturated heterocycles. The van der Waals surface area contributed by atoms with Gasteiger partial charge in [0.05, 0.1) is 5.92 Å². The summed E-state index contributed by atoms with van der Waals surface area (Å²) in [5.74, 6) is -0.354. The zero-order valence-corrected chi connectivity index (χ0v) is 21.6. The van der Waals surface area contributed by atoms with Gasteiger partial charge in [-0.25, -0.2) is 14.5 Å². The maximum atomic E-state index is 13.1. The summed E-state index contributed by atoms with van der Waals surface area (Å²) in [5, 5.41) is 13.0. The molecule has 2 atom stereocenters. The maximum Gasteiger partial charge on any atom is 0.327 e. The van der Waals surface area contributed by atoms with E-state index < -0.39 is 29.9 Å². The minimum Gasteiger partial charge on any atom is -0.486 e. The summed E-state index contributed by atoms with van der Waals surface area (Å²) in [6.45, 7) is 4.11. The zero-order valence-electron chi connectivity index (χ0n) is 21.6. The van der Waals surface area contributed by atoms with Gasteiger partial charge in [-0.15, -0.1) is 0 Å². The summed E-state index contributed by atoms with van der Waals surface area (Å²) in [4.78, 5) is 54.8. The van der Waals surface area contributed by atoms with Crippen molar-refractivity contribution in [3.8, 4) is 11.5 Å². The first-order valence-corrected chi connectivity index (χ1v) is 13.6. The third kappa shape index (κ3) is 5.57. The van der Waals surface area contributed by atoms with Gasteiger partial charge in [-0.05, 0) is 68.8 Å². The van der Waals surface area contributed by atoms with E-state index in [9.17, 15) is 24.3 Å². The molecule has 0 radical (unpaired) electrons. The Bertz CT molecular complexity index is 1070. The number of imide groups is 1. The lowest BCUT2D eigenvalue weighted by molar-refractivity contribution is -0.167. The van der Waals surface area contributed by atoms with Gasteiger partial charge in [0, 0.05) is 32.6 Å². The molecule has 0 unspecified atom stereocenters. The molecule has 11 heteroatoms. The van der Waals surface area contributed by atoms with Crippen molar-refractivity contribution in [3.05, 3.63) is 23.8 Å². The summed E-state index contributed by atoms with van der Waals surface area (Å²) >= 11 is 0. The number of ether oxygens (including phenoxy) is 2. The molecular formula is C27H36N4O7. The van der Waals surface area contributed by atoms with Crippen LogP contribution < -0.4 is 14.8 Å². The number of likely N-dealkylation sites (tertiary alicyclic amines) is 1. The second kappa shape index (κ2) is 11.6. The predicted molar refractivity (Wildman–Crippen MR) is 136 cm³/mol. The molecule has 0 bridgehead atoms. The van der Waals surface area contributed by atoms with E-state index in [1.54, 1.807) is 4.90 Å². The van der Waals surface area contributed by atoms with Crippen molar-refractivity contribution >= 4 is 23.8 Å². The lowest BCUT2D eigenvalue weighted by Gasteiger charge is -2.47. The average molecular weight is 529 g/mol. The van der Waals surface area contributed by atoms with Crippen LogP contribution in [0, 0.1) is 11.8 Å². The molecule has 0 aromatic heterocycles. The Kier molecular flexibility index (Phi) is 8.01. The van der Waals surface area contributed by atoms with Crippen LogP contribution in [0.15, 0.2) is 18.2 Å². The number of carboxylic acids is 1. The van der Waals surface area contributed by atoms with Gasteiger partial charge >= 0.3 is 12.0 Å². The second-order valence-electron chi connectivity index (χ2n) is 10.5. The number of nitrogens with zero attached hydrogens (tertiary/aromatic N) is 3. The third-order valence-electron chi connectivity index (χ3n) is 8.08. The zero-order chi connectivity index (χ0) is 26.6. The lowest BCUT2D eigenvalue weighted by Crippen LogP contribution is -2.69. The van der Waals surface area contributed by atoms with Crippen molar-refractivity contribution in [1.29, 1.82) is 0 Å². The maximum absolute atomic E-state index is 13.1. The summed E-state index contributed by atoms with van der Waals surface area (Å²) < 4.78 is 11.2. The number of piperazine rings is 1. The Balaban J connectivity index is 1.07. The minimum absolute atomic E-state index is 0.0279. The molecular weight excluding hydrogens is 492 g/mol. The molecule has 0 aliphatic carbocycles. The third-order valence-corrected chi connectivity index (χ3v) is 8.08. The van der Waals surface area contributed by atoms with Crippen LogP contribution in [-0.4, -0.2) is 102 Å². The van der Waals surface area contributed by atoms with Crippen LogP contribution in [0.4, 0.5) is 4.79 Å². The highest BCUT2D eigenvalue weighted by atomic mass is 16.6. The summed E-state index contributed by atoms with van der Waals surface area (Å²) in [6.07, 6.45) is 4.17. The Morgan fingerprint density at radius 1 is 0.974 bits per heavy atom. The van der Waals surface area contributed by atoms with Crippen LogP contribution in [0.3, 0.4) is 0 Å². The van der Waals surface area contributed by atoms with Crippen LogP contribution in [0.2, 0.25) is 0 Å². The summed E-state index contributed by atoms with van der Waals surface area (Å²) in [7, 11) is 0. The van der Waals surface area contributed by atoms with Gasteiger partial charge in [0.15, 0.2) is 17.5 Å². The first-order valence-electron chi connectivity index (χ1n) is 13.6. The number of aliphatic carboxylic acids is 1. The molecule has 11 nitrogen and oxygen atoms in total. The molecule has 1 aromatic carbocycles. The fourth-order valence-electron chi connectivity index (χ4n) is 5.90. The largest absolute Gasteiger partial charge is 0.486 e. The number of fused-ring (bicyclic) bond motifs is 1. The molecule has 38 heavy (non-hydrogen) atoms. The highest BCUT2D eigenvalue weighted by molar-refractivity contribution is 6.07. The van der Waals surface area contributed by atoms with E-state index in [0.717, 1.165) is 54.3 Å². The Labute approximate surface area is 222 Å². The SMILES string of the molecule is O=C(O)[C@@H]1[C@@H](CC2CCNCC2)C(=O)N1C(=O)N1CCN(C(=O)CCCc2ccc3c(c2)OCCO3)CC1. The van der Waals surface area contributed by atoms with E-state index in [-0.39, 0.29) is 19.0 Å². The molecule has 0 spiro atoms. The van der Waals surface area contributed by atoms with E-state index in [1.165, 1.54) is 4.90 Å². The molecule has 4 heterocycles. The van der Waals surface area contributed by atoms with Crippen molar-refractivity contribution in [2.75, 3.05) is 52.5 Å². The van der Waals surface area contributed by atoms with Gasteiger partial charge in [0.25, 0.3) is 0 Å². The number of β-lactam (4-membered cyclic amide) rings is 1. The highest BCUT2D eigenvalue weighted by Gasteiger charge is 2.56. The highest BCUT2D eigenvalue weighted by Crippen LogP contribution is 2.36. The van der Waals surface area contributed by atoms with Crippen molar-refractivity contribution in [3.63, 3.8) is 0 Å². The first kappa shape index (κ1) is 26.3. The van der Waals surface area contributed by atoms with Gasteiger partial charge in [-0.3, -0.25) is 9.59 Å². The fraction of sp³-hybridized carbons (Fsp3) is 0.630. The number of piperidine rings is 1. The van der Waals surface area contributed by atoms with Gasteiger partial charge < -0.3 is 29.7 Å². The van der Waals surface area contributed by atoms with Crippen molar-refractivity contribution in [2.45, 2.75) is 44.6 Å². The number of hydrogen-bond acceptors (Lipinski definition) is 7. The molecule has 1 aromatic rings. The topological polar surface area (TPSA) is 129 Å². The fourth-order valence-corrected chi connectivity index (χ4v) is 5.90. The number of urea groups is 1. The van der Waals surface area contributed by atoms with Crippen molar-refractivity contribution in [1.82, 2.24) is 20.0 Å². The van der Waals surface area contributed by atoms with Crippen LogP contribution >= 0.6 is 0 Å². The first-order chi connectivity index (χ1) is 18.4. The molecule has 4 amide bonds. The lowest BCUT2D eigenvalue weighted by atomic mass is 9.78. The normalized spacial score (nSPS) is 23.7. The van der Waals surface area contributed by atoms with Crippen LogP contribution in [0.5, 0.6) is 11.5 Å². The van der Waals surface area contributed by atoms with Gasteiger partial charge in [-0.1, -0.05) is 6.07 Å². The average Bonchev–Trinajstić information content (AvgIpc) is 2.94. The monoisotopic (exact) mass is 528 g/mol. The van der Waals surface area contributed by atoms with Crippen LogP contribution in [0.25, 0.3) is 0 Å². The van der Waals surface area contributed by atoms with Crippen molar-refractivity contribution < 1.29 is 33.8 Å². The molecule has 4 aliphatic rings. The molecule has 5 rings (SSSR count).